The molecule has 1 aromatic rings. The minimum absolute atomic E-state index is 0.352. The number of hydrogen-bond acceptors (Lipinski definition) is 6. The number of halogens is 1. The van der Waals surface area contributed by atoms with E-state index in [2.05, 4.69) is 5.32 Å². The van der Waals surface area contributed by atoms with Crippen molar-refractivity contribution in [3.63, 3.8) is 0 Å². The third-order valence-corrected chi connectivity index (χ3v) is 4.74. The normalized spacial score (nSPS) is 37.0. The van der Waals surface area contributed by atoms with E-state index >= 15 is 0 Å². The van der Waals surface area contributed by atoms with Gasteiger partial charge in [-0.25, -0.2) is 0 Å². The van der Waals surface area contributed by atoms with Crippen molar-refractivity contribution in [3.05, 3.63) is 29.3 Å². The second kappa shape index (κ2) is 6.15. The molecule has 4 rings (SSSR count). The van der Waals surface area contributed by atoms with Crippen molar-refractivity contribution in [2.45, 2.75) is 70.0 Å². The predicted molar refractivity (Wildman–Crippen MR) is 92.6 cm³/mol. The van der Waals surface area contributed by atoms with Crippen LogP contribution in [-0.2, 0) is 28.5 Å². The summed E-state index contributed by atoms with van der Waals surface area (Å²) in [6.45, 7) is 7.19. The second-order valence-electron chi connectivity index (χ2n) is 7.59. The van der Waals surface area contributed by atoms with Crippen LogP contribution < -0.4 is 5.32 Å². The molecule has 5 atom stereocenters. The van der Waals surface area contributed by atoms with Crippen LogP contribution in [0.3, 0.4) is 0 Å². The standard InChI is InChI=1S/C18H22ClNO6/c1-17(2)23-11-12(24-17)14-16(26-18(3,4)25-14)22-13(11)15(21)20-10-7-5-6-9(19)8-10/h5-8,11-14,16H,1-4H3,(H,20,21)/t11-,12+,13+,14-,16-/m1/s1. The van der Waals surface area contributed by atoms with Crippen LogP contribution in [0, 0.1) is 0 Å². The first kappa shape index (κ1) is 18.2. The van der Waals surface area contributed by atoms with Crippen LogP contribution in [0.25, 0.3) is 0 Å². The average molecular weight is 384 g/mol. The molecule has 1 amide bonds. The Bertz CT molecular complexity index is 723. The van der Waals surface area contributed by atoms with E-state index in [-0.39, 0.29) is 5.91 Å². The van der Waals surface area contributed by atoms with Crippen LogP contribution in [0.15, 0.2) is 24.3 Å². The van der Waals surface area contributed by atoms with E-state index in [1.165, 1.54) is 0 Å². The van der Waals surface area contributed by atoms with Gasteiger partial charge in [0.1, 0.15) is 18.3 Å². The maximum atomic E-state index is 12.9. The fourth-order valence-electron chi connectivity index (χ4n) is 3.60. The largest absolute Gasteiger partial charge is 0.342 e. The topological polar surface area (TPSA) is 75.3 Å². The van der Waals surface area contributed by atoms with Gasteiger partial charge in [-0.15, -0.1) is 0 Å². The zero-order chi connectivity index (χ0) is 18.7. The van der Waals surface area contributed by atoms with E-state index in [0.29, 0.717) is 10.7 Å². The van der Waals surface area contributed by atoms with Gasteiger partial charge in [-0.2, -0.15) is 0 Å². The molecule has 0 bridgehead atoms. The van der Waals surface area contributed by atoms with E-state index in [1.807, 2.05) is 0 Å². The van der Waals surface area contributed by atoms with Gasteiger partial charge in [-0.05, 0) is 45.9 Å². The zero-order valence-corrected chi connectivity index (χ0v) is 15.8. The lowest BCUT2D eigenvalue weighted by Crippen LogP contribution is -2.58. The number of carbonyl (C=O) groups excluding carboxylic acids is 1. The molecule has 0 spiro atoms. The molecule has 0 radical (unpaired) electrons. The summed E-state index contributed by atoms with van der Waals surface area (Å²) in [4.78, 5) is 12.9. The molecule has 1 N–H and O–H groups in total. The number of amides is 1. The van der Waals surface area contributed by atoms with Crippen molar-refractivity contribution in [3.8, 4) is 0 Å². The van der Waals surface area contributed by atoms with Crippen LogP contribution >= 0.6 is 11.6 Å². The lowest BCUT2D eigenvalue weighted by Gasteiger charge is -2.36. The second-order valence-corrected chi connectivity index (χ2v) is 8.03. The number of benzene rings is 1. The third kappa shape index (κ3) is 3.35. The number of nitrogens with one attached hydrogen (secondary N) is 1. The van der Waals surface area contributed by atoms with Gasteiger partial charge in [-0.3, -0.25) is 4.79 Å². The lowest BCUT2D eigenvalue weighted by molar-refractivity contribution is -0.229. The number of hydrogen-bond donors (Lipinski definition) is 1. The Hall–Kier alpha value is -1.22. The molecule has 142 valence electrons. The summed E-state index contributed by atoms with van der Waals surface area (Å²) >= 11 is 5.98. The number of carbonyl (C=O) groups is 1. The van der Waals surface area contributed by atoms with Gasteiger partial charge in [0.2, 0.25) is 0 Å². The van der Waals surface area contributed by atoms with Crippen molar-refractivity contribution in [2.75, 3.05) is 5.32 Å². The number of anilines is 1. The van der Waals surface area contributed by atoms with Crippen LogP contribution in [-0.4, -0.2) is 48.2 Å². The maximum absolute atomic E-state index is 12.9. The number of ether oxygens (including phenoxy) is 5. The van der Waals surface area contributed by atoms with Gasteiger partial charge in [-0.1, -0.05) is 17.7 Å². The van der Waals surface area contributed by atoms with Gasteiger partial charge < -0.3 is 29.0 Å². The van der Waals surface area contributed by atoms with E-state index in [4.69, 9.17) is 35.3 Å². The molecular weight excluding hydrogens is 362 g/mol. The summed E-state index contributed by atoms with van der Waals surface area (Å²) in [5, 5.41) is 3.34. The molecule has 0 saturated carbocycles. The minimum Gasteiger partial charge on any atom is -0.342 e. The predicted octanol–water partition coefficient (Wildman–Crippen LogP) is 2.68. The molecule has 3 aliphatic heterocycles. The first-order chi connectivity index (χ1) is 12.1. The zero-order valence-electron chi connectivity index (χ0n) is 15.0. The Labute approximate surface area is 156 Å². The quantitative estimate of drug-likeness (QED) is 0.846. The molecule has 0 aliphatic carbocycles. The van der Waals surface area contributed by atoms with Crippen LogP contribution in [0.1, 0.15) is 27.7 Å². The SMILES string of the molecule is CC1(C)O[C@H]2[C@@H](O1)[C@@H](C(=O)Nc1cccc(Cl)c1)O[C@@H]1OC(C)(C)O[C@@H]12. The fourth-order valence-corrected chi connectivity index (χ4v) is 3.79. The molecule has 3 aliphatic rings. The molecule has 3 heterocycles. The third-order valence-electron chi connectivity index (χ3n) is 4.51. The molecule has 3 saturated heterocycles. The highest BCUT2D eigenvalue weighted by Crippen LogP contribution is 2.44. The Morgan fingerprint density at radius 3 is 2.38 bits per heavy atom. The monoisotopic (exact) mass is 383 g/mol. The van der Waals surface area contributed by atoms with Gasteiger partial charge >= 0.3 is 0 Å². The average Bonchev–Trinajstić information content (AvgIpc) is 3.00. The summed E-state index contributed by atoms with van der Waals surface area (Å²) < 4.78 is 29.6. The van der Waals surface area contributed by atoms with Crippen LogP contribution in [0.5, 0.6) is 0 Å². The Morgan fingerprint density at radius 2 is 1.65 bits per heavy atom. The summed E-state index contributed by atoms with van der Waals surface area (Å²) in [6, 6.07) is 6.91. The maximum Gasteiger partial charge on any atom is 0.256 e. The highest BCUT2D eigenvalue weighted by Gasteiger charge is 2.62. The Balaban J connectivity index is 1.58. The molecule has 3 fully saturated rings. The highest BCUT2D eigenvalue weighted by molar-refractivity contribution is 6.30. The van der Waals surface area contributed by atoms with Crippen LogP contribution in [0.4, 0.5) is 5.69 Å². The van der Waals surface area contributed by atoms with E-state index in [1.54, 1.807) is 52.0 Å². The number of rotatable bonds is 2. The highest BCUT2D eigenvalue weighted by atomic mass is 35.5. The summed E-state index contributed by atoms with van der Waals surface area (Å²) in [7, 11) is 0. The molecule has 7 nitrogen and oxygen atoms in total. The van der Waals surface area contributed by atoms with Crippen molar-refractivity contribution < 1.29 is 28.5 Å². The smallest absolute Gasteiger partial charge is 0.256 e. The Kier molecular flexibility index (Phi) is 4.30. The number of fused-ring (bicyclic) bond motifs is 3. The molecule has 0 unspecified atom stereocenters. The van der Waals surface area contributed by atoms with Crippen molar-refractivity contribution in [1.82, 2.24) is 0 Å². The van der Waals surface area contributed by atoms with Crippen molar-refractivity contribution >= 4 is 23.2 Å². The van der Waals surface area contributed by atoms with Gasteiger partial charge in [0, 0.05) is 10.7 Å². The first-order valence-electron chi connectivity index (χ1n) is 8.57. The first-order valence-corrected chi connectivity index (χ1v) is 8.95. The Morgan fingerprint density at radius 1 is 1.00 bits per heavy atom. The van der Waals surface area contributed by atoms with Gasteiger partial charge in [0.05, 0.1) is 0 Å². The van der Waals surface area contributed by atoms with Gasteiger partial charge in [0.25, 0.3) is 5.91 Å². The fraction of sp³-hybridized carbons (Fsp3) is 0.611. The van der Waals surface area contributed by atoms with E-state index < -0.39 is 42.3 Å². The molecule has 1 aromatic carbocycles. The minimum atomic E-state index is -0.903. The molecular formula is C18H22ClNO6. The summed E-state index contributed by atoms with van der Waals surface area (Å²) in [5.41, 5.74) is 0.576. The summed E-state index contributed by atoms with van der Waals surface area (Å²) in [6.07, 6.45) is -3.16. The molecule has 0 aromatic heterocycles. The molecule has 26 heavy (non-hydrogen) atoms. The van der Waals surface area contributed by atoms with E-state index in [0.717, 1.165) is 0 Å². The van der Waals surface area contributed by atoms with Crippen LogP contribution in [0.2, 0.25) is 5.02 Å². The van der Waals surface area contributed by atoms with Gasteiger partial charge in [0.15, 0.2) is 24.0 Å². The van der Waals surface area contributed by atoms with Crippen molar-refractivity contribution in [2.24, 2.45) is 0 Å². The lowest BCUT2D eigenvalue weighted by atomic mass is 9.98. The van der Waals surface area contributed by atoms with Crippen molar-refractivity contribution in [1.29, 1.82) is 0 Å². The summed E-state index contributed by atoms with van der Waals surface area (Å²) in [5.74, 6) is -2.03. The molecule has 8 heteroatoms. The van der Waals surface area contributed by atoms with E-state index in [9.17, 15) is 4.79 Å².